The molecule has 2 rings (SSSR count). The standard InChI is InChI=1S/C8H4BrFN2S/c9-4-1-5-7(6(10)2-4)11-3-12-8(5)13/h1-3H,(H,11,12,13). The van der Waals surface area contributed by atoms with Crippen LogP contribution < -0.4 is 0 Å². The van der Waals surface area contributed by atoms with Gasteiger partial charge < -0.3 is 4.98 Å². The molecule has 1 aromatic carbocycles. The number of hydrogen-bond donors (Lipinski definition) is 1. The Labute approximate surface area is 86.9 Å². The number of halogens is 2. The molecule has 1 heterocycles. The van der Waals surface area contributed by atoms with Gasteiger partial charge in [-0.1, -0.05) is 28.1 Å². The lowest BCUT2D eigenvalue weighted by Crippen LogP contribution is -1.87. The van der Waals surface area contributed by atoms with Crippen molar-refractivity contribution in [3.63, 3.8) is 0 Å². The van der Waals surface area contributed by atoms with Crippen LogP contribution in [0.5, 0.6) is 0 Å². The minimum atomic E-state index is -0.335. The molecule has 0 aliphatic rings. The van der Waals surface area contributed by atoms with Crippen molar-refractivity contribution in [1.82, 2.24) is 9.97 Å². The van der Waals surface area contributed by atoms with Gasteiger partial charge in [-0.3, -0.25) is 0 Å². The second-order valence-electron chi connectivity index (χ2n) is 2.52. The fourth-order valence-corrected chi connectivity index (χ4v) is 1.76. The van der Waals surface area contributed by atoms with Crippen molar-refractivity contribution < 1.29 is 4.39 Å². The zero-order chi connectivity index (χ0) is 9.42. The number of fused-ring (bicyclic) bond motifs is 1. The smallest absolute Gasteiger partial charge is 0.148 e. The van der Waals surface area contributed by atoms with Crippen molar-refractivity contribution in [1.29, 1.82) is 0 Å². The zero-order valence-corrected chi connectivity index (χ0v) is 8.75. The Hall–Kier alpha value is -0.810. The summed E-state index contributed by atoms with van der Waals surface area (Å²) in [6.45, 7) is 0. The minimum absolute atomic E-state index is 0.335. The van der Waals surface area contributed by atoms with Gasteiger partial charge in [0.1, 0.15) is 10.5 Å². The number of nitrogens with zero attached hydrogens (tertiary/aromatic N) is 1. The molecule has 2 aromatic rings. The predicted octanol–water partition coefficient (Wildman–Crippen LogP) is 3.19. The lowest BCUT2D eigenvalue weighted by atomic mass is 10.2. The molecular weight excluding hydrogens is 255 g/mol. The molecule has 66 valence electrons. The van der Waals surface area contributed by atoms with Crippen molar-refractivity contribution in [3.05, 3.63) is 33.4 Å². The molecule has 0 aliphatic carbocycles. The van der Waals surface area contributed by atoms with Crippen LogP contribution in [0.4, 0.5) is 4.39 Å². The molecule has 0 atom stereocenters. The highest BCUT2D eigenvalue weighted by Gasteiger charge is 2.03. The first-order valence-electron chi connectivity index (χ1n) is 3.51. The van der Waals surface area contributed by atoms with E-state index < -0.39 is 0 Å². The number of aromatic amines is 1. The van der Waals surface area contributed by atoms with Gasteiger partial charge in [0.15, 0.2) is 0 Å². The molecule has 0 unspecified atom stereocenters. The van der Waals surface area contributed by atoms with E-state index in [4.69, 9.17) is 12.2 Å². The van der Waals surface area contributed by atoms with Gasteiger partial charge in [-0.15, -0.1) is 0 Å². The molecule has 0 saturated carbocycles. The maximum absolute atomic E-state index is 13.3. The number of benzene rings is 1. The highest BCUT2D eigenvalue weighted by atomic mass is 79.9. The van der Waals surface area contributed by atoms with E-state index in [0.29, 0.717) is 20.0 Å². The van der Waals surface area contributed by atoms with Crippen molar-refractivity contribution in [2.75, 3.05) is 0 Å². The second kappa shape index (κ2) is 3.16. The van der Waals surface area contributed by atoms with Gasteiger partial charge in [0, 0.05) is 9.86 Å². The van der Waals surface area contributed by atoms with E-state index >= 15 is 0 Å². The number of H-pyrrole nitrogens is 1. The van der Waals surface area contributed by atoms with E-state index in [0.717, 1.165) is 0 Å². The summed E-state index contributed by atoms with van der Waals surface area (Å²) >= 11 is 8.14. The summed E-state index contributed by atoms with van der Waals surface area (Å²) in [5.41, 5.74) is 0.392. The summed E-state index contributed by atoms with van der Waals surface area (Å²) in [4.78, 5) is 6.57. The van der Waals surface area contributed by atoms with E-state index in [2.05, 4.69) is 25.9 Å². The third-order valence-corrected chi connectivity index (χ3v) is 2.46. The molecule has 13 heavy (non-hydrogen) atoms. The van der Waals surface area contributed by atoms with Gasteiger partial charge in [-0.2, -0.15) is 0 Å². The molecule has 1 aromatic heterocycles. The topological polar surface area (TPSA) is 28.7 Å². The van der Waals surface area contributed by atoms with E-state index in [-0.39, 0.29) is 5.82 Å². The molecule has 1 N–H and O–H groups in total. The highest BCUT2D eigenvalue weighted by Crippen LogP contribution is 2.21. The fraction of sp³-hybridized carbons (Fsp3) is 0. The van der Waals surface area contributed by atoms with E-state index in [1.807, 2.05) is 0 Å². The Morgan fingerprint density at radius 1 is 1.46 bits per heavy atom. The number of nitrogens with one attached hydrogen (secondary N) is 1. The normalized spacial score (nSPS) is 10.6. The van der Waals surface area contributed by atoms with Gasteiger partial charge in [0.2, 0.25) is 0 Å². The molecule has 2 nitrogen and oxygen atoms in total. The van der Waals surface area contributed by atoms with Gasteiger partial charge in [-0.25, -0.2) is 9.37 Å². The third-order valence-electron chi connectivity index (χ3n) is 1.68. The first-order chi connectivity index (χ1) is 6.18. The molecule has 0 spiro atoms. The van der Waals surface area contributed by atoms with Crippen molar-refractivity contribution >= 4 is 39.1 Å². The molecular formula is C8H4BrFN2S. The lowest BCUT2D eigenvalue weighted by molar-refractivity contribution is 0.635. The summed E-state index contributed by atoms with van der Waals surface area (Å²) in [6.07, 6.45) is 1.39. The predicted molar refractivity (Wildman–Crippen MR) is 54.6 cm³/mol. The fourth-order valence-electron chi connectivity index (χ4n) is 1.11. The van der Waals surface area contributed by atoms with Crippen LogP contribution in [0.2, 0.25) is 0 Å². The Kier molecular flexibility index (Phi) is 2.13. The van der Waals surface area contributed by atoms with Crippen LogP contribution in [0.15, 0.2) is 22.9 Å². The summed E-state index contributed by atoms with van der Waals surface area (Å²) in [5.74, 6) is -0.335. The zero-order valence-electron chi connectivity index (χ0n) is 6.34. The molecule has 5 heteroatoms. The van der Waals surface area contributed by atoms with E-state index in [9.17, 15) is 4.39 Å². The van der Waals surface area contributed by atoms with Crippen LogP contribution in [-0.4, -0.2) is 9.97 Å². The molecule has 0 radical (unpaired) electrons. The Balaban J connectivity index is 3.03. The van der Waals surface area contributed by atoms with Gasteiger partial charge in [0.05, 0.1) is 11.8 Å². The van der Waals surface area contributed by atoms with Gasteiger partial charge in [-0.05, 0) is 12.1 Å². The summed E-state index contributed by atoms with van der Waals surface area (Å²) < 4.78 is 14.3. The second-order valence-corrected chi connectivity index (χ2v) is 3.82. The molecule has 0 saturated heterocycles. The van der Waals surface area contributed by atoms with Crippen LogP contribution in [0.1, 0.15) is 0 Å². The van der Waals surface area contributed by atoms with Crippen molar-refractivity contribution in [3.8, 4) is 0 Å². The SMILES string of the molecule is Fc1cc(Br)cc2c(=S)nc[nH]c12. The van der Waals surface area contributed by atoms with E-state index in [1.54, 1.807) is 6.07 Å². The monoisotopic (exact) mass is 258 g/mol. The Bertz CT molecular complexity index is 523. The highest BCUT2D eigenvalue weighted by molar-refractivity contribution is 9.10. The van der Waals surface area contributed by atoms with Gasteiger partial charge >= 0.3 is 0 Å². The minimum Gasteiger partial charge on any atom is -0.343 e. The van der Waals surface area contributed by atoms with E-state index in [1.165, 1.54) is 12.4 Å². The van der Waals surface area contributed by atoms with Crippen LogP contribution in [0, 0.1) is 10.5 Å². The van der Waals surface area contributed by atoms with Crippen LogP contribution in [0.25, 0.3) is 10.9 Å². The Morgan fingerprint density at radius 3 is 3.00 bits per heavy atom. The third kappa shape index (κ3) is 1.49. The van der Waals surface area contributed by atoms with Crippen molar-refractivity contribution in [2.24, 2.45) is 0 Å². The lowest BCUT2D eigenvalue weighted by Gasteiger charge is -1.99. The molecule has 0 bridgehead atoms. The average Bonchev–Trinajstić information content (AvgIpc) is 2.07. The Morgan fingerprint density at radius 2 is 2.23 bits per heavy atom. The number of hydrogen-bond acceptors (Lipinski definition) is 2. The molecule has 0 fully saturated rings. The number of rotatable bonds is 0. The first kappa shape index (κ1) is 8.77. The van der Waals surface area contributed by atoms with Crippen LogP contribution in [0.3, 0.4) is 0 Å². The first-order valence-corrected chi connectivity index (χ1v) is 4.71. The van der Waals surface area contributed by atoms with Crippen LogP contribution >= 0.6 is 28.1 Å². The van der Waals surface area contributed by atoms with Crippen LogP contribution in [-0.2, 0) is 0 Å². The average molecular weight is 259 g/mol. The summed E-state index contributed by atoms with van der Waals surface area (Å²) in [7, 11) is 0. The van der Waals surface area contributed by atoms with Crippen molar-refractivity contribution in [2.45, 2.75) is 0 Å². The number of aromatic nitrogens is 2. The summed E-state index contributed by atoms with van der Waals surface area (Å²) in [5, 5.41) is 0.615. The largest absolute Gasteiger partial charge is 0.343 e. The maximum Gasteiger partial charge on any atom is 0.148 e. The summed E-state index contributed by atoms with van der Waals surface area (Å²) in [6, 6.07) is 3.12. The maximum atomic E-state index is 13.3. The molecule has 0 aliphatic heterocycles. The molecule has 0 amide bonds. The quantitative estimate of drug-likeness (QED) is 0.736. The van der Waals surface area contributed by atoms with Gasteiger partial charge in [0.25, 0.3) is 0 Å².